The Bertz CT molecular complexity index is 784. The topological polar surface area (TPSA) is 63.4 Å². The first-order valence-electron chi connectivity index (χ1n) is 8.22. The van der Waals surface area contributed by atoms with Crippen LogP contribution in [0.15, 0.2) is 35.4 Å². The van der Waals surface area contributed by atoms with E-state index in [1.165, 1.54) is 4.68 Å². The molecular weight excluding hydrogens is 306 g/mol. The van der Waals surface area contributed by atoms with Crippen LogP contribution in [0, 0.1) is 0 Å². The van der Waals surface area contributed by atoms with E-state index in [1.807, 2.05) is 27.8 Å². The van der Waals surface area contributed by atoms with Crippen LogP contribution < -0.4 is 10.5 Å². The normalized spacial score (nSPS) is 15.2. The van der Waals surface area contributed by atoms with E-state index >= 15 is 0 Å². The molecule has 0 spiro atoms. The van der Waals surface area contributed by atoms with E-state index < -0.39 is 0 Å². The quantitative estimate of drug-likeness (QED) is 0.847. The third-order valence-corrected chi connectivity index (χ3v) is 4.44. The highest BCUT2D eigenvalue weighted by Gasteiger charge is 2.24. The molecule has 2 aromatic rings. The van der Waals surface area contributed by atoms with E-state index in [0.29, 0.717) is 26.2 Å². The molecule has 7 heteroatoms. The average Bonchev–Trinajstić information content (AvgIpc) is 3.07. The van der Waals surface area contributed by atoms with Crippen molar-refractivity contribution in [2.45, 2.75) is 19.9 Å². The molecule has 24 heavy (non-hydrogen) atoms. The number of anilines is 1. The first-order chi connectivity index (χ1) is 11.5. The average molecular weight is 329 g/mol. The second kappa shape index (κ2) is 6.51. The fraction of sp³-hybridized carbons (Fsp3) is 0.471. The van der Waals surface area contributed by atoms with E-state index in [0.717, 1.165) is 11.4 Å². The number of hydrogen-bond donors (Lipinski definition) is 0. The van der Waals surface area contributed by atoms with Crippen LogP contribution in [0.3, 0.4) is 0 Å². The Morgan fingerprint density at radius 3 is 2.54 bits per heavy atom. The Hall–Kier alpha value is -2.57. The summed E-state index contributed by atoms with van der Waals surface area (Å²) in [5.41, 5.74) is 1.42. The van der Waals surface area contributed by atoms with Gasteiger partial charge in [0.1, 0.15) is 5.69 Å². The van der Waals surface area contributed by atoms with Gasteiger partial charge in [0.2, 0.25) is 0 Å². The fourth-order valence-electron chi connectivity index (χ4n) is 2.99. The van der Waals surface area contributed by atoms with Crippen molar-refractivity contribution >= 4 is 11.6 Å². The molecule has 7 nitrogen and oxygen atoms in total. The lowest BCUT2D eigenvalue weighted by atomic mass is 10.2. The molecule has 1 aliphatic rings. The van der Waals surface area contributed by atoms with Gasteiger partial charge in [-0.15, -0.1) is 0 Å². The maximum Gasteiger partial charge on any atom is 0.270 e. The van der Waals surface area contributed by atoms with Gasteiger partial charge in [-0.05, 0) is 26.0 Å². The van der Waals surface area contributed by atoms with E-state index in [1.54, 1.807) is 19.3 Å². The molecule has 1 fully saturated rings. The molecular formula is C17H23N5O2. The van der Waals surface area contributed by atoms with Gasteiger partial charge in [0.15, 0.2) is 0 Å². The molecule has 0 radical (unpaired) electrons. The Balaban J connectivity index is 1.68. The Morgan fingerprint density at radius 2 is 1.92 bits per heavy atom. The van der Waals surface area contributed by atoms with Crippen LogP contribution in [0.4, 0.5) is 5.69 Å². The minimum absolute atomic E-state index is 0.0652. The largest absolute Gasteiger partial charge is 0.367 e. The van der Waals surface area contributed by atoms with Crippen LogP contribution in [0.2, 0.25) is 0 Å². The van der Waals surface area contributed by atoms with Gasteiger partial charge in [-0.25, -0.2) is 4.68 Å². The van der Waals surface area contributed by atoms with Crippen molar-refractivity contribution in [3.63, 3.8) is 0 Å². The Labute approximate surface area is 141 Å². The minimum atomic E-state index is -0.124. The lowest BCUT2D eigenvalue weighted by Gasteiger charge is -2.36. The fourth-order valence-corrected chi connectivity index (χ4v) is 2.99. The third-order valence-electron chi connectivity index (χ3n) is 4.44. The number of amides is 1. The van der Waals surface area contributed by atoms with Gasteiger partial charge in [-0.1, -0.05) is 0 Å². The van der Waals surface area contributed by atoms with Gasteiger partial charge >= 0.3 is 0 Å². The number of carbonyl (C=O) groups is 1. The molecule has 3 heterocycles. The highest BCUT2D eigenvalue weighted by Crippen LogP contribution is 2.17. The molecule has 3 rings (SSSR count). The van der Waals surface area contributed by atoms with Crippen LogP contribution in [0.1, 0.15) is 30.4 Å². The van der Waals surface area contributed by atoms with E-state index in [4.69, 9.17) is 0 Å². The Kier molecular flexibility index (Phi) is 4.42. The van der Waals surface area contributed by atoms with Crippen LogP contribution in [0.5, 0.6) is 0 Å². The first-order valence-corrected chi connectivity index (χ1v) is 8.22. The van der Waals surface area contributed by atoms with Gasteiger partial charge < -0.3 is 14.4 Å². The number of piperazine rings is 1. The molecule has 0 unspecified atom stereocenters. The molecule has 0 saturated carbocycles. The Morgan fingerprint density at radius 1 is 1.21 bits per heavy atom. The molecule has 0 bridgehead atoms. The van der Waals surface area contributed by atoms with E-state index in [-0.39, 0.29) is 17.5 Å². The summed E-state index contributed by atoms with van der Waals surface area (Å²) in [6.07, 6.45) is 3.64. The smallest absolute Gasteiger partial charge is 0.270 e. The van der Waals surface area contributed by atoms with Gasteiger partial charge in [0, 0.05) is 51.5 Å². The molecule has 128 valence electrons. The van der Waals surface area contributed by atoms with E-state index in [2.05, 4.69) is 23.8 Å². The SMILES string of the molecule is CC(C)n1cccc1C(=O)N1CCN(c2cnn(C)c(=O)c2)CC1. The number of nitrogens with zero attached hydrogens (tertiary/aromatic N) is 5. The highest BCUT2D eigenvalue weighted by molar-refractivity contribution is 5.93. The van der Waals surface area contributed by atoms with Crippen molar-refractivity contribution < 1.29 is 4.79 Å². The maximum absolute atomic E-state index is 12.7. The summed E-state index contributed by atoms with van der Waals surface area (Å²) in [5.74, 6) is 0.0652. The number of rotatable bonds is 3. The lowest BCUT2D eigenvalue weighted by Crippen LogP contribution is -2.49. The maximum atomic E-state index is 12.7. The number of aryl methyl sites for hydroxylation is 1. The number of carbonyl (C=O) groups excluding carboxylic acids is 1. The monoisotopic (exact) mass is 329 g/mol. The number of aromatic nitrogens is 3. The van der Waals surface area contributed by atoms with Gasteiger partial charge in [0.25, 0.3) is 11.5 Å². The van der Waals surface area contributed by atoms with Gasteiger partial charge in [-0.3, -0.25) is 9.59 Å². The van der Waals surface area contributed by atoms with Crippen molar-refractivity contribution in [3.05, 3.63) is 46.6 Å². The summed E-state index contributed by atoms with van der Waals surface area (Å²) in [7, 11) is 1.63. The predicted octanol–water partition coefficient (Wildman–Crippen LogP) is 1.13. The van der Waals surface area contributed by atoms with Gasteiger partial charge in [-0.2, -0.15) is 5.10 Å². The highest BCUT2D eigenvalue weighted by atomic mass is 16.2. The summed E-state index contributed by atoms with van der Waals surface area (Å²) in [6.45, 7) is 6.80. The van der Waals surface area contributed by atoms with Crippen LogP contribution in [0.25, 0.3) is 0 Å². The number of hydrogen-bond acceptors (Lipinski definition) is 4. The summed E-state index contributed by atoms with van der Waals surface area (Å²) < 4.78 is 3.31. The van der Waals surface area contributed by atoms with Crippen molar-refractivity contribution in [2.24, 2.45) is 7.05 Å². The molecule has 2 aromatic heterocycles. The standard InChI is InChI=1S/C17H23N5O2/c1-13(2)22-6-4-5-15(22)17(24)21-9-7-20(8-10-21)14-11-16(23)19(3)18-12-14/h4-6,11-13H,7-10H2,1-3H3. The summed E-state index contributed by atoms with van der Waals surface area (Å²) in [5, 5.41) is 4.06. The van der Waals surface area contributed by atoms with E-state index in [9.17, 15) is 9.59 Å². The summed E-state index contributed by atoms with van der Waals surface area (Å²) >= 11 is 0. The van der Waals surface area contributed by atoms with Crippen LogP contribution in [-0.4, -0.2) is 51.3 Å². The molecule has 0 aromatic carbocycles. The van der Waals surface area contributed by atoms with Crippen molar-refractivity contribution in [2.75, 3.05) is 31.1 Å². The first kappa shape index (κ1) is 16.3. The van der Waals surface area contributed by atoms with Crippen LogP contribution in [-0.2, 0) is 7.05 Å². The zero-order chi connectivity index (χ0) is 17.3. The second-order valence-electron chi connectivity index (χ2n) is 6.35. The van der Waals surface area contributed by atoms with Gasteiger partial charge in [0.05, 0.1) is 11.9 Å². The summed E-state index contributed by atoms with van der Waals surface area (Å²) in [4.78, 5) is 28.4. The molecule has 1 amide bonds. The molecule has 0 aliphatic carbocycles. The second-order valence-corrected chi connectivity index (χ2v) is 6.35. The predicted molar refractivity (Wildman–Crippen MR) is 92.4 cm³/mol. The zero-order valence-corrected chi connectivity index (χ0v) is 14.3. The van der Waals surface area contributed by atoms with Crippen molar-refractivity contribution in [1.29, 1.82) is 0 Å². The summed E-state index contributed by atoms with van der Waals surface area (Å²) in [6, 6.07) is 5.63. The van der Waals surface area contributed by atoms with Crippen molar-refractivity contribution in [3.8, 4) is 0 Å². The van der Waals surface area contributed by atoms with Crippen molar-refractivity contribution in [1.82, 2.24) is 19.2 Å². The third kappa shape index (κ3) is 3.06. The van der Waals surface area contributed by atoms with Crippen LogP contribution >= 0.6 is 0 Å². The molecule has 0 N–H and O–H groups in total. The minimum Gasteiger partial charge on any atom is -0.367 e. The molecule has 0 atom stereocenters. The molecule has 1 saturated heterocycles. The molecule has 1 aliphatic heterocycles. The lowest BCUT2D eigenvalue weighted by molar-refractivity contribution is 0.0734. The zero-order valence-electron chi connectivity index (χ0n) is 14.3.